The first kappa shape index (κ1) is 102. The molecule has 16 unspecified atom stereocenters. The summed E-state index contributed by atoms with van der Waals surface area (Å²) in [5, 5.41) is 133. The third-order valence-corrected chi connectivity index (χ3v) is 25.8. The highest BCUT2D eigenvalue weighted by Crippen LogP contribution is 2.45. The van der Waals surface area contributed by atoms with Crippen LogP contribution < -0.4 is 0 Å². The first-order valence-corrected chi connectivity index (χ1v) is 41.8. The third-order valence-electron chi connectivity index (χ3n) is 25.8. The molecular formula is C82H150N4O30. The molecule has 6 aliphatic rings. The maximum atomic E-state index is 14.9. The molecule has 6 aliphatic heterocycles. The molecule has 0 aromatic carbocycles. The van der Waals surface area contributed by atoms with Crippen molar-refractivity contribution in [2.45, 2.75) is 358 Å². The predicted molar refractivity (Wildman–Crippen MR) is 423 cm³/mol. The molecule has 34 nitrogen and oxygen atoms in total. The maximum absolute atomic E-state index is 14.9. The minimum absolute atomic E-state index is 0.00237. The van der Waals surface area contributed by atoms with Crippen molar-refractivity contribution in [3.05, 3.63) is 0 Å². The first-order valence-electron chi connectivity index (χ1n) is 41.8. The zero-order valence-corrected chi connectivity index (χ0v) is 74.1. The summed E-state index contributed by atoms with van der Waals surface area (Å²) in [5.74, 6) is -9.61. The van der Waals surface area contributed by atoms with Crippen LogP contribution in [0.3, 0.4) is 0 Å². The van der Waals surface area contributed by atoms with E-state index in [2.05, 4.69) is 10.3 Å². The van der Waals surface area contributed by atoms with Crippen molar-refractivity contribution in [1.82, 2.24) is 9.80 Å². The van der Waals surface area contributed by atoms with Gasteiger partial charge in [-0.3, -0.25) is 19.4 Å². The standard InChI is InChI=1S/C82H150N4O30/c1-27-57-81(19,97)67(89)47(7)61(83-105-41-103-33-31-99-23)43(3)37-77(15,95)71(49(9)65(51(11)73(93)111-57)113-59-39-79(17,101-25)69(91)53(13)109-59)115-75-63(87)55(35-45(5)107-75)85(21)29-30-86(22)56-36-46(6)108-76(64(56)88)116-72-50(10)66(114-60-40-80(18,102-26)70(92)54(14)110-60)52(12)74(94)112-58(28-2)82(20,98)68(90)48(8)62(44(4)38-78(72,16)96)84-106-42-104-34-32-100-24/h43-60,63-72,75-76,87-92,95-98H,27-42H2,1-26H3/b83-61+,84-62+/t43-,44-,45?,46?,47+,48+,49+,50+,51-,52-,53?,54?,55?,56?,57-,58-,59?,60?,63?,64?,65+,66+,67-,68-,69?,70?,71-,72-,75?,76?,77+,78+,79?,80?,81-,82-/m1/s1. The molecule has 0 spiro atoms. The van der Waals surface area contributed by atoms with Crippen molar-refractivity contribution in [1.29, 1.82) is 0 Å². The smallest absolute Gasteiger partial charge is 0.311 e. The average Bonchev–Trinajstić information content (AvgIpc) is 0.773. The Hall–Kier alpha value is -3.16. The summed E-state index contributed by atoms with van der Waals surface area (Å²) >= 11 is 0. The van der Waals surface area contributed by atoms with E-state index < -0.39 is 228 Å². The van der Waals surface area contributed by atoms with E-state index in [4.69, 9.17) is 85.5 Å². The van der Waals surface area contributed by atoms with Gasteiger partial charge in [0, 0.05) is 102 Å². The van der Waals surface area contributed by atoms with E-state index >= 15 is 0 Å². The normalized spacial score (nSPS) is 46.0. The molecule has 0 bridgehead atoms. The summed E-state index contributed by atoms with van der Waals surface area (Å²) in [4.78, 5) is 45.2. The number of methoxy groups -OCH3 is 4. The van der Waals surface area contributed by atoms with Gasteiger partial charge in [-0.1, -0.05) is 65.7 Å². The molecule has 0 aromatic heterocycles. The number of cyclic esters (lactones) is 2. The molecule has 0 aliphatic carbocycles. The first-order chi connectivity index (χ1) is 54.1. The summed E-state index contributed by atoms with van der Waals surface area (Å²) in [6, 6.07) is -1.35. The second-order valence-electron chi connectivity index (χ2n) is 35.5. The van der Waals surface area contributed by atoms with E-state index in [1.54, 1.807) is 111 Å². The van der Waals surface area contributed by atoms with Gasteiger partial charge < -0.3 is 137 Å². The van der Waals surface area contributed by atoms with E-state index in [1.807, 2.05) is 37.7 Å². The molecule has 116 heavy (non-hydrogen) atoms. The summed E-state index contributed by atoms with van der Waals surface area (Å²) in [6.45, 7) is 34.1. The molecule has 6 heterocycles. The predicted octanol–water partition coefficient (Wildman–Crippen LogP) is 4.17. The lowest BCUT2D eigenvalue weighted by molar-refractivity contribution is -0.319. The van der Waals surface area contributed by atoms with Crippen LogP contribution in [-0.2, 0) is 95.1 Å². The Labute approximate surface area is 688 Å². The van der Waals surface area contributed by atoms with Crippen LogP contribution in [0.1, 0.15) is 190 Å². The van der Waals surface area contributed by atoms with Gasteiger partial charge in [-0.15, -0.1) is 0 Å². The fraction of sp³-hybridized carbons (Fsp3) is 0.951. The fourth-order valence-electron chi connectivity index (χ4n) is 18.4. The van der Waals surface area contributed by atoms with E-state index in [-0.39, 0.29) is 103 Å². The summed E-state index contributed by atoms with van der Waals surface area (Å²) in [6.07, 6.45) is -23.5. The zero-order chi connectivity index (χ0) is 87.2. The summed E-state index contributed by atoms with van der Waals surface area (Å²) < 4.78 is 99.4. The van der Waals surface area contributed by atoms with Crippen LogP contribution in [0.4, 0.5) is 0 Å². The fourth-order valence-corrected chi connectivity index (χ4v) is 18.4. The molecule has 0 aromatic rings. The van der Waals surface area contributed by atoms with Crippen LogP contribution in [-0.4, -0.2) is 348 Å². The number of aliphatic hydroxyl groups excluding tert-OH is 6. The number of aliphatic hydroxyl groups is 10. The number of hydrogen-bond donors (Lipinski definition) is 10. The van der Waals surface area contributed by atoms with Crippen LogP contribution in [0, 0.1) is 47.3 Å². The maximum Gasteiger partial charge on any atom is 0.311 e. The van der Waals surface area contributed by atoms with Crippen LogP contribution >= 0.6 is 0 Å². The van der Waals surface area contributed by atoms with Gasteiger partial charge in [0.25, 0.3) is 0 Å². The number of carbonyl (C=O) groups is 2. The average molecular weight is 1670 g/mol. The second-order valence-corrected chi connectivity index (χ2v) is 35.5. The number of ether oxygens (including phenoxy) is 16. The van der Waals surface area contributed by atoms with E-state index in [9.17, 15) is 60.7 Å². The molecule has 0 amide bonds. The monoisotopic (exact) mass is 1670 g/mol. The molecule has 0 saturated carbocycles. The van der Waals surface area contributed by atoms with Crippen molar-refractivity contribution < 1.29 is 146 Å². The van der Waals surface area contributed by atoms with Gasteiger partial charge in [0.2, 0.25) is 13.6 Å². The number of likely N-dealkylation sites (N-methyl/N-ethyl adjacent to an activating group) is 2. The van der Waals surface area contributed by atoms with E-state index in [1.165, 1.54) is 42.3 Å². The third kappa shape index (κ3) is 24.9. The van der Waals surface area contributed by atoms with Crippen LogP contribution in [0.25, 0.3) is 0 Å². The SMILES string of the molecule is CC[C@H]1OC(=O)[C@H](C)[C@@H](OC2CC(C)(OC)C(O)C(C)O2)[C@H](C)[C@@H](OC2OC(C)CC(N(C)CCN(C)C3CC(C)OC(O[C@@H]4[C@@H](C)[C@H](OC5CC(C)(OC)C(O)C(C)O5)[C@@H](C)C(=O)O[C@H](CC)[C@@](C)(O)[C@H](O)[C@@H](C)/C(=N/OCOCCOC)[C@H](C)C[C@]4(C)O)C3O)C2O)[C@@](C)(O)C[C@@H](C)/C(=N\OCOCCOC)[C@H](C)[C@@H](O)[C@]1(C)O. The quantitative estimate of drug-likeness (QED) is 0.0217. The van der Waals surface area contributed by atoms with Crippen LogP contribution in [0.15, 0.2) is 10.3 Å². The highest BCUT2D eigenvalue weighted by atomic mass is 16.8. The van der Waals surface area contributed by atoms with Gasteiger partial charge in [-0.25, -0.2) is 0 Å². The summed E-state index contributed by atoms with van der Waals surface area (Å²) in [5.41, 5.74) is -9.99. The van der Waals surface area contributed by atoms with E-state index in [0.29, 0.717) is 12.8 Å². The number of oxime groups is 2. The van der Waals surface area contributed by atoms with Crippen LogP contribution in [0.5, 0.6) is 0 Å². The van der Waals surface area contributed by atoms with Crippen molar-refractivity contribution in [3.8, 4) is 0 Å². The topological polar surface area (TPSA) is 434 Å². The van der Waals surface area contributed by atoms with Crippen molar-refractivity contribution in [2.75, 3.05) is 95.6 Å². The highest BCUT2D eigenvalue weighted by Gasteiger charge is 2.58. The number of nitrogens with zero attached hydrogens (tertiary/aromatic N) is 4. The van der Waals surface area contributed by atoms with Gasteiger partial charge in [0.1, 0.15) is 47.8 Å². The Balaban J connectivity index is 1.36. The Morgan fingerprint density at radius 1 is 0.457 bits per heavy atom. The summed E-state index contributed by atoms with van der Waals surface area (Å²) in [7, 11) is 9.67. The number of carbonyl (C=O) groups excluding carboxylic acids is 2. The lowest BCUT2D eigenvalue weighted by Gasteiger charge is -2.49. The molecule has 6 rings (SSSR count). The van der Waals surface area contributed by atoms with Gasteiger partial charge >= 0.3 is 11.9 Å². The van der Waals surface area contributed by atoms with Crippen molar-refractivity contribution in [3.63, 3.8) is 0 Å². The van der Waals surface area contributed by atoms with Crippen LogP contribution in [0.2, 0.25) is 0 Å². The molecule has 6 fully saturated rings. The Kier molecular flexibility index (Phi) is 38.5. The minimum Gasteiger partial charge on any atom is -0.459 e. The molecule has 36 atom stereocenters. The minimum atomic E-state index is -2.07. The Morgan fingerprint density at radius 2 is 0.793 bits per heavy atom. The van der Waals surface area contributed by atoms with Gasteiger partial charge in [0.05, 0.1) is 133 Å². The van der Waals surface area contributed by atoms with Gasteiger partial charge in [-0.05, 0) is 136 Å². The lowest BCUT2D eigenvalue weighted by atomic mass is 9.73. The second kappa shape index (κ2) is 43.9. The molecule has 0 radical (unpaired) electrons. The van der Waals surface area contributed by atoms with Crippen molar-refractivity contribution in [2.24, 2.45) is 57.7 Å². The van der Waals surface area contributed by atoms with E-state index in [0.717, 1.165) is 0 Å². The molecule has 10 N–H and O–H groups in total. The molecule has 678 valence electrons. The molecule has 6 saturated heterocycles. The zero-order valence-electron chi connectivity index (χ0n) is 74.1. The largest absolute Gasteiger partial charge is 0.459 e. The Morgan fingerprint density at radius 3 is 1.10 bits per heavy atom. The Bertz CT molecular complexity index is 2840. The van der Waals surface area contributed by atoms with Crippen molar-refractivity contribution >= 4 is 23.4 Å². The van der Waals surface area contributed by atoms with Gasteiger partial charge in [-0.2, -0.15) is 0 Å². The molecule has 34 heteroatoms. The lowest BCUT2D eigenvalue weighted by Crippen LogP contribution is -2.62. The molecular weight excluding hydrogens is 1520 g/mol. The van der Waals surface area contributed by atoms with Gasteiger partial charge in [0.15, 0.2) is 25.2 Å². The number of esters is 2. The number of rotatable bonds is 29. The number of hydrogen-bond acceptors (Lipinski definition) is 34. The highest BCUT2D eigenvalue weighted by molar-refractivity contribution is 5.89.